The Hall–Kier alpha value is -1.01. The molecule has 84 valence electrons. The maximum absolute atomic E-state index is 8.91. The van der Waals surface area contributed by atoms with Crippen molar-refractivity contribution in [2.45, 2.75) is 32.1 Å². The van der Waals surface area contributed by atoms with Crippen LogP contribution in [-0.4, -0.2) is 7.11 Å². The fourth-order valence-corrected chi connectivity index (χ4v) is 3.10. The minimum atomic E-state index is 0.435. The lowest BCUT2D eigenvalue weighted by Gasteiger charge is -2.21. The first-order valence-electron chi connectivity index (χ1n) is 5.52. The molecule has 0 unspecified atom stereocenters. The first-order valence-corrected chi connectivity index (χ1v) is 6.31. The molecule has 0 saturated heterocycles. The number of nitriles is 1. The summed E-state index contributed by atoms with van der Waals surface area (Å²) in [6.45, 7) is 0. The molecule has 0 radical (unpaired) electrons. The molecule has 0 atom stereocenters. The summed E-state index contributed by atoms with van der Waals surface area (Å²) in [5.74, 6) is 0.835. The number of methoxy groups -OCH3 is 1. The Morgan fingerprint density at radius 1 is 1.44 bits per heavy atom. The predicted octanol–water partition coefficient (Wildman–Crippen LogP) is 3.40. The van der Waals surface area contributed by atoms with Gasteiger partial charge in [0.25, 0.3) is 0 Å². The van der Waals surface area contributed by atoms with Gasteiger partial charge < -0.3 is 4.74 Å². The second kappa shape index (κ2) is 4.88. The summed E-state index contributed by atoms with van der Waals surface area (Å²) in [5.41, 5.74) is 3.80. The van der Waals surface area contributed by atoms with Gasteiger partial charge in [-0.15, -0.1) is 0 Å². The number of rotatable bonds is 2. The molecule has 16 heavy (non-hydrogen) atoms. The number of fused-ring (bicyclic) bond motifs is 1. The quantitative estimate of drug-likeness (QED) is 0.831. The van der Waals surface area contributed by atoms with E-state index in [0.29, 0.717) is 6.42 Å². The van der Waals surface area contributed by atoms with Gasteiger partial charge in [0.1, 0.15) is 5.75 Å². The number of ether oxygens (including phenoxy) is 1. The molecule has 1 aliphatic carbocycles. The van der Waals surface area contributed by atoms with Crippen LogP contribution in [0, 0.1) is 11.3 Å². The molecule has 0 spiro atoms. The van der Waals surface area contributed by atoms with Gasteiger partial charge in [0.05, 0.1) is 24.1 Å². The highest BCUT2D eigenvalue weighted by atomic mass is 79.9. The number of halogens is 1. The van der Waals surface area contributed by atoms with E-state index >= 15 is 0 Å². The van der Waals surface area contributed by atoms with Crippen molar-refractivity contribution in [3.63, 3.8) is 0 Å². The SMILES string of the molecule is COc1c(Br)cc2c(c1CC#N)CCCC2. The Morgan fingerprint density at radius 2 is 2.19 bits per heavy atom. The van der Waals surface area contributed by atoms with E-state index in [1.165, 1.54) is 24.0 Å². The zero-order chi connectivity index (χ0) is 11.5. The molecule has 1 aromatic carbocycles. The zero-order valence-corrected chi connectivity index (χ0v) is 10.9. The summed E-state index contributed by atoms with van der Waals surface area (Å²) < 4.78 is 6.37. The number of aryl methyl sites for hydroxylation is 1. The summed E-state index contributed by atoms with van der Waals surface area (Å²) in [5, 5.41) is 8.91. The highest BCUT2D eigenvalue weighted by Gasteiger charge is 2.19. The Kier molecular flexibility index (Phi) is 3.50. The largest absolute Gasteiger partial charge is 0.495 e. The Balaban J connectivity index is 2.59. The highest BCUT2D eigenvalue weighted by Crippen LogP contribution is 2.37. The van der Waals surface area contributed by atoms with E-state index < -0.39 is 0 Å². The Morgan fingerprint density at radius 3 is 2.88 bits per heavy atom. The average Bonchev–Trinajstić information content (AvgIpc) is 2.29. The third kappa shape index (κ3) is 1.94. The molecule has 2 nitrogen and oxygen atoms in total. The van der Waals surface area contributed by atoms with Crippen LogP contribution in [0.3, 0.4) is 0 Å². The van der Waals surface area contributed by atoms with Gasteiger partial charge in [-0.2, -0.15) is 5.26 Å². The highest BCUT2D eigenvalue weighted by molar-refractivity contribution is 9.10. The van der Waals surface area contributed by atoms with Crippen molar-refractivity contribution in [1.29, 1.82) is 5.26 Å². The molecule has 0 bridgehead atoms. The van der Waals surface area contributed by atoms with Crippen molar-refractivity contribution in [3.05, 3.63) is 27.2 Å². The summed E-state index contributed by atoms with van der Waals surface area (Å²) in [6, 6.07) is 4.38. The predicted molar refractivity (Wildman–Crippen MR) is 66.7 cm³/mol. The van der Waals surface area contributed by atoms with Crippen molar-refractivity contribution in [2.24, 2.45) is 0 Å². The lowest BCUT2D eigenvalue weighted by Crippen LogP contribution is -2.08. The molecule has 0 aliphatic heterocycles. The van der Waals surface area contributed by atoms with Crippen LogP contribution < -0.4 is 4.74 Å². The topological polar surface area (TPSA) is 33.0 Å². The molecule has 1 aromatic rings. The van der Waals surface area contributed by atoms with Crippen LogP contribution in [-0.2, 0) is 19.3 Å². The first-order chi connectivity index (χ1) is 7.77. The Bertz CT molecular complexity index is 448. The molecule has 0 saturated carbocycles. The van der Waals surface area contributed by atoms with Crippen molar-refractivity contribution in [3.8, 4) is 11.8 Å². The van der Waals surface area contributed by atoms with Crippen LogP contribution >= 0.6 is 15.9 Å². The average molecular weight is 280 g/mol. The van der Waals surface area contributed by atoms with Crippen molar-refractivity contribution in [2.75, 3.05) is 7.11 Å². The number of hydrogen-bond donors (Lipinski definition) is 0. The van der Waals surface area contributed by atoms with E-state index in [0.717, 1.165) is 28.6 Å². The summed E-state index contributed by atoms with van der Waals surface area (Å²) in [7, 11) is 1.66. The van der Waals surface area contributed by atoms with Crippen LogP contribution in [0.2, 0.25) is 0 Å². The van der Waals surface area contributed by atoms with E-state index in [1.54, 1.807) is 7.11 Å². The standard InChI is InChI=1S/C13H14BrNO/c1-16-13-11(6-7-15)10-5-3-2-4-9(10)8-12(13)14/h8H,2-6H2,1H3. The van der Waals surface area contributed by atoms with Crippen molar-refractivity contribution < 1.29 is 4.74 Å². The van der Waals surface area contributed by atoms with E-state index in [2.05, 4.69) is 28.1 Å². The number of benzene rings is 1. The zero-order valence-electron chi connectivity index (χ0n) is 9.35. The molecule has 0 aromatic heterocycles. The van der Waals surface area contributed by atoms with E-state index in [1.807, 2.05) is 0 Å². The molecule has 0 N–H and O–H groups in total. The molecular weight excluding hydrogens is 266 g/mol. The number of nitrogens with zero attached hydrogens (tertiary/aromatic N) is 1. The lowest BCUT2D eigenvalue weighted by atomic mass is 9.87. The van der Waals surface area contributed by atoms with Gasteiger partial charge in [-0.25, -0.2) is 0 Å². The van der Waals surface area contributed by atoms with Gasteiger partial charge in [0, 0.05) is 5.56 Å². The fraction of sp³-hybridized carbons (Fsp3) is 0.462. The fourth-order valence-electron chi connectivity index (χ4n) is 2.42. The van der Waals surface area contributed by atoms with Crippen LogP contribution in [0.15, 0.2) is 10.5 Å². The second-order valence-electron chi connectivity index (χ2n) is 4.05. The van der Waals surface area contributed by atoms with Crippen LogP contribution in [0.5, 0.6) is 5.75 Å². The smallest absolute Gasteiger partial charge is 0.137 e. The third-order valence-corrected chi connectivity index (χ3v) is 3.72. The maximum Gasteiger partial charge on any atom is 0.137 e. The first kappa shape index (κ1) is 11.5. The van der Waals surface area contributed by atoms with Crippen molar-refractivity contribution in [1.82, 2.24) is 0 Å². The summed E-state index contributed by atoms with van der Waals surface area (Å²) in [4.78, 5) is 0. The molecule has 1 aliphatic rings. The van der Waals surface area contributed by atoms with Gasteiger partial charge in [-0.3, -0.25) is 0 Å². The van der Waals surface area contributed by atoms with Gasteiger partial charge in [0.15, 0.2) is 0 Å². The monoisotopic (exact) mass is 279 g/mol. The maximum atomic E-state index is 8.91. The van der Waals surface area contributed by atoms with E-state index in [4.69, 9.17) is 10.00 Å². The van der Waals surface area contributed by atoms with Gasteiger partial charge in [-0.05, 0) is 58.8 Å². The molecule has 2 rings (SSSR count). The molecule has 0 fully saturated rings. The molecule has 0 amide bonds. The van der Waals surface area contributed by atoms with Gasteiger partial charge >= 0.3 is 0 Å². The van der Waals surface area contributed by atoms with Gasteiger partial charge in [-0.1, -0.05) is 0 Å². The summed E-state index contributed by atoms with van der Waals surface area (Å²) in [6.07, 6.45) is 5.10. The number of hydrogen-bond acceptors (Lipinski definition) is 2. The van der Waals surface area contributed by atoms with Crippen LogP contribution in [0.4, 0.5) is 0 Å². The van der Waals surface area contributed by atoms with Crippen LogP contribution in [0.1, 0.15) is 29.5 Å². The molecule has 0 heterocycles. The van der Waals surface area contributed by atoms with Crippen LogP contribution in [0.25, 0.3) is 0 Å². The van der Waals surface area contributed by atoms with Gasteiger partial charge in [0.2, 0.25) is 0 Å². The second-order valence-corrected chi connectivity index (χ2v) is 4.90. The molecular formula is C13H14BrNO. The minimum absolute atomic E-state index is 0.435. The lowest BCUT2D eigenvalue weighted by molar-refractivity contribution is 0.406. The third-order valence-electron chi connectivity index (χ3n) is 3.13. The Labute approximate surface area is 104 Å². The van der Waals surface area contributed by atoms with E-state index in [9.17, 15) is 0 Å². The van der Waals surface area contributed by atoms with Crippen molar-refractivity contribution >= 4 is 15.9 Å². The molecule has 3 heteroatoms. The normalized spacial score (nSPS) is 14.1. The minimum Gasteiger partial charge on any atom is -0.495 e. The van der Waals surface area contributed by atoms with E-state index in [-0.39, 0.29) is 0 Å². The summed E-state index contributed by atoms with van der Waals surface area (Å²) >= 11 is 3.52.